The van der Waals surface area contributed by atoms with Crippen LogP contribution in [0.25, 0.3) is 0 Å². The highest BCUT2D eigenvalue weighted by Crippen LogP contribution is 2.25. The lowest BCUT2D eigenvalue weighted by Crippen LogP contribution is -2.16. The van der Waals surface area contributed by atoms with Gasteiger partial charge in [0.2, 0.25) is 0 Å². The highest BCUT2D eigenvalue weighted by Gasteiger charge is 2.19. The van der Waals surface area contributed by atoms with E-state index in [2.05, 4.69) is 36.7 Å². The first kappa shape index (κ1) is 13.3. The zero-order valence-corrected chi connectivity index (χ0v) is 11.5. The van der Waals surface area contributed by atoms with Crippen LogP contribution in [0.2, 0.25) is 0 Å². The molecule has 16 heavy (non-hydrogen) atoms. The van der Waals surface area contributed by atoms with E-state index in [-0.39, 0.29) is 0 Å². The highest BCUT2D eigenvalue weighted by molar-refractivity contribution is 5.21. The van der Waals surface area contributed by atoms with Gasteiger partial charge in [-0.1, -0.05) is 34.6 Å². The summed E-state index contributed by atoms with van der Waals surface area (Å²) in [6.45, 7) is 11.9. The summed E-state index contributed by atoms with van der Waals surface area (Å²) in [6, 6.07) is 0. The van der Waals surface area contributed by atoms with Crippen molar-refractivity contribution in [3.05, 3.63) is 17.5 Å². The average molecular weight is 222 g/mol. The van der Waals surface area contributed by atoms with Crippen LogP contribution >= 0.6 is 0 Å². The van der Waals surface area contributed by atoms with Crippen LogP contribution in [0.15, 0.2) is 6.20 Å². The third kappa shape index (κ3) is 3.10. The van der Waals surface area contributed by atoms with Gasteiger partial charge in [0.1, 0.15) is 0 Å². The second kappa shape index (κ2) is 6.07. The molecule has 92 valence electrons. The Balaban J connectivity index is 0.000000606. The lowest BCUT2D eigenvalue weighted by atomic mass is 9.89. The molecule has 1 heterocycles. The monoisotopic (exact) mass is 222 g/mol. The summed E-state index contributed by atoms with van der Waals surface area (Å²) in [5.41, 5.74) is 2.99. The van der Waals surface area contributed by atoms with E-state index in [4.69, 9.17) is 0 Å². The zero-order chi connectivity index (χ0) is 12.1. The molecule has 2 heteroatoms. The van der Waals surface area contributed by atoms with Gasteiger partial charge in [-0.15, -0.1) is 0 Å². The van der Waals surface area contributed by atoms with Crippen LogP contribution in [0, 0.1) is 11.8 Å². The molecule has 0 spiro atoms. The van der Waals surface area contributed by atoms with Gasteiger partial charge in [0.25, 0.3) is 0 Å². The normalized spacial score (nSPS) is 19.0. The summed E-state index contributed by atoms with van der Waals surface area (Å²) in [6.07, 6.45) is 5.86. The van der Waals surface area contributed by atoms with Crippen molar-refractivity contribution in [3.63, 3.8) is 0 Å². The minimum absolute atomic E-state index is 0.693. The van der Waals surface area contributed by atoms with E-state index in [0.717, 1.165) is 12.5 Å². The largest absolute Gasteiger partial charge is 0.269 e. The smallest absolute Gasteiger partial charge is 0.0524 e. The number of hydrogen-bond acceptors (Lipinski definition) is 1. The SMILES string of the molecule is CC.CC(C)Cn1ncc2c1CCC(C)C2. The van der Waals surface area contributed by atoms with Gasteiger partial charge in [0.15, 0.2) is 0 Å². The standard InChI is InChI=1S/C12H20N2.C2H6/c1-9(2)8-14-12-5-4-10(3)6-11(12)7-13-14;1-2/h7,9-10H,4-6,8H2,1-3H3;1-2H3. The Hall–Kier alpha value is -0.790. The summed E-state index contributed by atoms with van der Waals surface area (Å²) < 4.78 is 2.21. The van der Waals surface area contributed by atoms with Crippen molar-refractivity contribution in [2.75, 3.05) is 0 Å². The van der Waals surface area contributed by atoms with Crippen LogP contribution in [-0.2, 0) is 19.4 Å². The fourth-order valence-electron chi connectivity index (χ4n) is 2.27. The molecule has 1 aliphatic carbocycles. The number of hydrogen-bond donors (Lipinski definition) is 0. The van der Waals surface area contributed by atoms with Crippen molar-refractivity contribution in [3.8, 4) is 0 Å². The van der Waals surface area contributed by atoms with Crippen molar-refractivity contribution < 1.29 is 0 Å². The van der Waals surface area contributed by atoms with Crippen LogP contribution in [0.5, 0.6) is 0 Å². The molecule has 1 aromatic rings. The number of fused-ring (bicyclic) bond motifs is 1. The van der Waals surface area contributed by atoms with E-state index in [1.165, 1.54) is 30.5 Å². The third-order valence-corrected chi connectivity index (χ3v) is 3.02. The molecule has 2 nitrogen and oxygen atoms in total. The number of nitrogens with zero attached hydrogens (tertiary/aromatic N) is 2. The molecule has 0 saturated carbocycles. The molecule has 0 N–H and O–H groups in total. The van der Waals surface area contributed by atoms with E-state index in [1.54, 1.807) is 0 Å². The molecule has 0 bridgehead atoms. The van der Waals surface area contributed by atoms with Gasteiger partial charge in [0, 0.05) is 12.2 Å². The van der Waals surface area contributed by atoms with Crippen molar-refractivity contribution >= 4 is 0 Å². The lowest BCUT2D eigenvalue weighted by Gasteiger charge is -2.19. The van der Waals surface area contributed by atoms with Crippen molar-refractivity contribution in [2.45, 2.75) is 60.4 Å². The number of aromatic nitrogens is 2. The second-order valence-electron chi connectivity index (χ2n) is 5.04. The van der Waals surface area contributed by atoms with Crippen LogP contribution in [0.4, 0.5) is 0 Å². The topological polar surface area (TPSA) is 17.8 Å². The molecule has 0 saturated heterocycles. The fraction of sp³-hybridized carbons (Fsp3) is 0.786. The molecule has 2 rings (SSSR count). The Morgan fingerprint density at radius 3 is 2.75 bits per heavy atom. The predicted octanol–water partition coefficient (Wildman–Crippen LogP) is 3.69. The van der Waals surface area contributed by atoms with Crippen molar-refractivity contribution in [1.29, 1.82) is 0 Å². The molecule has 1 atom stereocenters. The summed E-state index contributed by atoms with van der Waals surface area (Å²) in [4.78, 5) is 0. The molecule has 1 aliphatic rings. The van der Waals surface area contributed by atoms with E-state index in [0.29, 0.717) is 5.92 Å². The molecule has 0 aromatic carbocycles. The van der Waals surface area contributed by atoms with Gasteiger partial charge in [-0.25, -0.2) is 0 Å². The Kier molecular flexibility index (Phi) is 5.04. The van der Waals surface area contributed by atoms with Gasteiger partial charge in [-0.05, 0) is 36.7 Å². The van der Waals surface area contributed by atoms with Crippen LogP contribution in [-0.4, -0.2) is 9.78 Å². The first-order valence-corrected chi connectivity index (χ1v) is 6.70. The van der Waals surface area contributed by atoms with Gasteiger partial charge in [-0.3, -0.25) is 4.68 Å². The Labute approximate surface area is 100 Å². The average Bonchev–Trinajstić information content (AvgIpc) is 2.63. The summed E-state index contributed by atoms with van der Waals surface area (Å²) in [5, 5.41) is 4.49. The molecule has 1 unspecified atom stereocenters. The maximum absolute atomic E-state index is 4.49. The minimum atomic E-state index is 0.693. The molecule has 0 amide bonds. The van der Waals surface area contributed by atoms with Crippen LogP contribution in [0.3, 0.4) is 0 Å². The number of rotatable bonds is 2. The zero-order valence-electron chi connectivity index (χ0n) is 11.5. The minimum Gasteiger partial charge on any atom is -0.269 e. The predicted molar refractivity (Wildman–Crippen MR) is 69.6 cm³/mol. The van der Waals surface area contributed by atoms with Gasteiger partial charge in [-0.2, -0.15) is 5.10 Å². The quantitative estimate of drug-likeness (QED) is 0.746. The second-order valence-corrected chi connectivity index (χ2v) is 5.04. The van der Waals surface area contributed by atoms with Gasteiger partial charge < -0.3 is 0 Å². The van der Waals surface area contributed by atoms with E-state index in [9.17, 15) is 0 Å². The molecular formula is C14H26N2. The van der Waals surface area contributed by atoms with Crippen molar-refractivity contribution in [2.24, 2.45) is 11.8 Å². The maximum Gasteiger partial charge on any atom is 0.0524 e. The van der Waals surface area contributed by atoms with Crippen LogP contribution in [0.1, 0.15) is 52.3 Å². The van der Waals surface area contributed by atoms with E-state index >= 15 is 0 Å². The molecule has 1 aromatic heterocycles. The maximum atomic E-state index is 4.49. The molecule has 0 aliphatic heterocycles. The van der Waals surface area contributed by atoms with Crippen molar-refractivity contribution in [1.82, 2.24) is 9.78 Å². The van der Waals surface area contributed by atoms with Crippen LogP contribution < -0.4 is 0 Å². The Bertz CT molecular complexity index is 313. The first-order valence-electron chi connectivity index (χ1n) is 6.70. The van der Waals surface area contributed by atoms with E-state index in [1.807, 2.05) is 13.8 Å². The first-order chi connectivity index (χ1) is 7.66. The summed E-state index contributed by atoms with van der Waals surface area (Å²) in [5.74, 6) is 1.54. The third-order valence-electron chi connectivity index (χ3n) is 3.02. The molecular weight excluding hydrogens is 196 g/mol. The van der Waals surface area contributed by atoms with Gasteiger partial charge in [0.05, 0.1) is 6.20 Å². The highest BCUT2D eigenvalue weighted by atomic mass is 15.3. The lowest BCUT2D eigenvalue weighted by molar-refractivity contribution is 0.438. The Morgan fingerprint density at radius 1 is 1.44 bits per heavy atom. The fourth-order valence-corrected chi connectivity index (χ4v) is 2.27. The Morgan fingerprint density at radius 2 is 2.12 bits per heavy atom. The molecule has 0 fully saturated rings. The summed E-state index contributed by atoms with van der Waals surface area (Å²) >= 11 is 0. The van der Waals surface area contributed by atoms with Gasteiger partial charge >= 0.3 is 0 Å². The molecule has 0 radical (unpaired) electrons. The van der Waals surface area contributed by atoms with E-state index < -0.39 is 0 Å². The summed E-state index contributed by atoms with van der Waals surface area (Å²) in [7, 11) is 0.